The largest absolute Gasteiger partial charge is 0.480 e. The number of Topliss-reactive ketones (excluding diaryl/α,β-unsaturated/α-hetero) is 1. The number of ketones is 1. The van der Waals surface area contributed by atoms with E-state index in [0.29, 0.717) is 25.2 Å². The fourth-order valence-corrected chi connectivity index (χ4v) is 2.04. The van der Waals surface area contributed by atoms with E-state index in [1.807, 2.05) is 23.1 Å². The third-order valence-corrected chi connectivity index (χ3v) is 3.02. The van der Waals surface area contributed by atoms with Gasteiger partial charge in [-0.1, -0.05) is 30.3 Å². The van der Waals surface area contributed by atoms with Gasteiger partial charge in [-0.05, 0) is 0 Å². The van der Waals surface area contributed by atoms with Crippen molar-refractivity contribution in [3.05, 3.63) is 35.9 Å². The van der Waals surface area contributed by atoms with Crippen LogP contribution >= 0.6 is 0 Å². The van der Waals surface area contributed by atoms with Gasteiger partial charge in [-0.25, -0.2) is 0 Å². The van der Waals surface area contributed by atoms with Crippen LogP contribution in [-0.2, 0) is 4.79 Å². The van der Waals surface area contributed by atoms with Crippen LogP contribution < -0.4 is 5.32 Å². The van der Waals surface area contributed by atoms with Crippen LogP contribution in [0.25, 0.3) is 0 Å². The van der Waals surface area contributed by atoms with Crippen molar-refractivity contribution in [2.24, 2.45) is 0 Å². The van der Waals surface area contributed by atoms with Crippen molar-refractivity contribution in [1.82, 2.24) is 10.2 Å². The molecular formula is C13H16N2O3. The highest BCUT2D eigenvalue weighted by atomic mass is 16.4. The fraction of sp³-hybridized carbons (Fsp3) is 0.385. The summed E-state index contributed by atoms with van der Waals surface area (Å²) in [5.41, 5.74) is 0.669. The van der Waals surface area contributed by atoms with Crippen LogP contribution in [0.2, 0.25) is 0 Å². The van der Waals surface area contributed by atoms with Crippen LogP contribution in [0.1, 0.15) is 10.4 Å². The first-order valence-corrected chi connectivity index (χ1v) is 5.93. The Morgan fingerprint density at radius 2 is 2.06 bits per heavy atom. The van der Waals surface area contributed by atoms with E-state index in [2.05, 4.69) is 5.32 Å². The van der Waals surface area contributed by atoms with E-state index in [-0.39, 0.29) is 12.3 Å². The van der Waals surface area contributed by atoms with Crippen molar-refractivity contribution < 1.29 is 14.7 Å². The standard InChI is InChI=1S/C13H16N2O3/c16-12(10-4-2-1-3-5-10)9-15-7-6-14-11(8-15)13(17)18/h1-5,11,14H,6-9H2,(H,17,18). The minimum absolute atomic E-state index is 0.0293. The van der Waals surface area contributed by atoms with Crippen LogP contribution in [0.15, 0.2) is 30.3 Å². The number of benzene rings is 1. The number of aliphatic carboxylic acids is 1. The summed E-state index contributed by atoms with van der Waals surface area (Å²) in [4.78, 5) is 24.7. The average molecular weight is 248 g/mol. The normalized spacial score (nSPS) is 20.6. The van der Waals surface area contributed by atoms with Gasteiger partial charge in [0.1, 0.15) is 6.04 Å². The Bertz CT molecular complexity index is 433. The summed E-state index contributed by atoms with van der Waals surface area (Å²) in [5, 5.41) is 11.8. The molecule has 0 amide bonds. The van der Waals surface area contributed by atoms with E-state index < -0.39 is 12.0 Å². The number of piperazine rings is 1. The summed E-state index contributed by atoms with van der Waals surface area (Å²) in [6.45, 7) is 1.94. The summed E-state index contributed by atoms with van der Waals surface area (Å²) in [7, 11) is 0. The van der Waals surface area contributed by atoms with Gasteiger partial charge in [0.2, 0.25) is 0 Å². The summed E-state index contributed by atoms with van der Waals surface area (Å²) < 4.78 is 0. The molecule has 1 fully saturated rings. The highest BCUT2D eigenvalue weighted by molar-refractivity contribution is 5.97. The van der Waals surface area contributed by atoms with E-state index in [0.717, 1.165) is 0 Å². The SMILES string of the molecule is O=C(CN1CCNC(C(=O)O)C1)c1ccccc1. The van der Waals surface area contributed by atoms with E-state index in [9.17, 15) is 9.59 Å². The maximum absolute atomic E-state index is 12.0. The van der Waals surface area contributed by atoms with Crippen LogP contribution in [0.5, 0.6) is 0 Å². The Kier molecular flexibility index (Phi) is 4.07. The number of hydrogen-bond donors (Lipinski definition) is 2. The Balaban J connectivity index is 1.93. The molecule has 2 N–H and O–H groups in total. The molecule has 1 aromatic rings. The van der Waals surface area contributed by atoms with E-state index in [4.69, 9.17) is 5.11 Å². The first-order valence-electron chi connectivity index (χ1n) is 5.93. The predicted octanol–water partition coefficient (Wildman–Crippen LogP) is 0.228. The number of carboxylic acids is 1. The molecule has 0 aliphatic carbocycles. The van der Waals surface area contributed by atoms with Crippen LogP contribution in [0.3, 0.4) is 0 Å². The Labute approximate surface area is 105 Å². The molecule has 1 unspecified atom stereocenters. The minimum Gasteiger partial charge on any atom is -0.480 e. The summed E-state index contributed by atoms with van der Waals surface area (Å²) >= 11 is 0. The monoisotopic (exact) mass is 248 g/mol. The van der Waals surface area contributed by atoms with Gasteiger partial charge < -0.3 is 10.4 Å². The molecule has 1 aromatic carbocycles. The number of carbonyl (C=O) groups excluding carboxylic acids is 1. The molecule has 1 saturated heterocycles. The van der Waals surface area contributed by atoms with E-state index >= 15 is 0 Å². The third-order valence-electron chi connectivity index (χ3n) is 3.02. The van der Waals surface area contributed by atoms with Crippen molar-refractivity contribution in [3.63, 3.8) is 0 Å². The van der Waals surface area contributed by atoms with Gasteiger partial charge in [0.15, 0.2) is 5.78 Å². The maximum atomic E-state index is 12.0. The maximum Gasteiger partial charge on any atom is 0.322 e. The molecule has 0 bridgehead atoms. The van der Waals surface area contributed by atoms with Crippen molar-refractivity contribution in [1.29, 1.82) is 0 Å². The average Bonchev–Trinajstić information content (AvgIpc) is 2.40. The number of rotatable bonds is 4. The molecule has 1 atom stereocenters. The van der Waals surface area contributed by atoms with Crippen LogP contribution in [-0.4, -0.2) is 54.0 Å². The number of carboxylic acid groups (broad SMARTS) is 1. The van der Waals surface area contributed by atoms with Gasteiger partial charge in [0, 0.05) is 25.2 Å². The molecule has 0 radical (unpaired) electrons. The van der Waals surface area contributed by atoms with Crippen molar-refractivity contribution in [2.45, 2.75) is 6.04 Å². The summed E-state index contributed by atoms with van der Waals surface area (Å²) in [6.07, 6.45) is 0. The van der Waals surface area contributed by atoms with Gasteiger partial charge in [-0.3, -0.25) is 14.5 Å². The Morgan fingerprint density at radius 3 is 2.72 bits per heavy atom. The topological polar surface area (TPSA) is 69.6 Å². The van der Waals surface area contributed by atoms with Crippen LogP contribution in [0, 0.1) is 0 Å². The molecule has 18 heavy (non-hydrogen) atoms. The van der Waals surface area contributed by atoms with Gasteiger partial charge in [0.25, 0.3) is 0 Å². The minimum atomic E-state index is -0.869. The van der Waals surface area contributed by atoms with E-state index in [1.165, 1.54) is 0 Å². The number of carbonyl (C=O) groups is 2. The molecule has 96 valence electrons. The quantitative estimate of drug-likeness (QED) is 0.746. The lowest BCUT2D eigenvalue weighted by atomic mass is 10.1. The van der Waals surface area contributed by atoms with E-state index in [1.54, 1.807) is 12.1 Å². The predicted molar refractivity (Wildman–Crippen MR) is 66.6 cm³/mol. The number of hydrogen-bond acceptors (Lipinski definition) is 4. The van der Waals surface area contributed by atoms with Gasteiger partial charge in [-0.2, -0.15) is 0 Å². The lowest BCUT2D eigenvalue weighted by Crippen LogP contribution is -2.55. The molecule has 5 nitrogen and oxygen atoms in total. The molecule has 0 saturated carbocycles. The third kappa shape index (κ3) is 3.15. The highest BCUT2D eigenvalue weighted by Crippen LogP contribution is 2.04. The summed E-state index contributed by atoms with van der Waals surface area (Å²) in [5.74, 6) is -0.839. The number of nitrogens with zero attached hydrogens (tertiary/aromatic N) is 1. The molecule has 1 aliphatic heterocycles. The first kappa shape index (κ1) is 12.7. The Morgan fingerprint density at radius 1 is 1.33 bits per heavy atom. The zero-order valence-corrected chi connectivity index (χ0v) is 10.0. The van der Waals surface area contributed by atoms with Gasteiger partial charge >= 0.3 is 5.97 Å². The van der Waals surface area contributed by atoms with Crippen molar-refractivity contribution in [3.8, 4) is 0 Å². The van der Waals surface area contributed by atoms with Crippen molar-refractivity contribution in [2.75, 3.05) is 26.2 Å². The van der Waals surface area contributed by atoms with Gasteiger partial charge in [-0.15, -0.1) is 0 Å². The van der Waals surface area contributed by atoms with Crippen LogP contribution in [0.4, 0.5) is 0 Å². The Hall–Kier alpha value is -1.72. The molecule has 1 heterocycles. The molecular weight excluding hydrogens is 232 g/mol. The molecule has 5 heteroatoms. The highest BCUT2D eigenvalue weighted by Gasteiger charge is 2.25. The molecule has 0 spiro atoms. The zero-order valence-electron chi connectivity index (χ0n) is 10.0. The first-order chi connectivity index (χ1) is 8.66. The second-order valence-corrected chi connectivity index (χ2v) is 4.37. The smallest absolute Gasteiger partial charge is 0.322 e. The van der Waals surface area contributed by atoms with Gasteiger partial charge in [0.05, 0.1) is 6.54 Å². The lowest BCUT2D eigenvalue weighted by Gasteiger charge is -2.30. The van der Waals surface area contributed by atoms with Crippen molar-refractivity contribution >= 4 is 11.8 Å². The second kappa shape index (κ2) is 5.75. The molecule has 1 aliphatic rings. The molecule has 0 aromatic heterocycles. The summed E-state index contributed by atoms with van der Waals surface area (Å²) in [6, 6.07) is 8.48. The number of nitrogens with one attached hydrogen (secondary N) is 1. The zero-order chi connectivity index (χ0) is 13.0. The molecule has 2 rings (SSSR count). The lowest BCUT2D eigenvalue weighted by molar-refractivity contribution is -0.140. The second-order valence-electron chi connectivity index (χ2n) is 4.37. The fourth-order valence-electron chi connectivity index (χ4n) is 2.04.